The minimum Gasteiger partial charge on any atom is -0.444 e. The van der Waals surface area contributed by atoms with Gasteiger partial charge in [-0.15, -0.1) is 0 Å². The van der Waals surface area contributed by atoms with Crippen LogP contribution in [0.2, 0.25) is 0 Å². The zero-order valence-electron chi connectivity index (χ0n) is 14.0. The third-order valence-electron chi connectivity index (χ3n) is 4.18. The molecule has 0 saturated carbocycles. The SMILES string of the molecule is CC(O)CC(=O)NC1C[C@H]2CC[C@@H](C1)N2C(=O)OC(C)(C)C. The number of aliphatic hydroxyl groups is 1. The molecule has 2 saturated heterocycles. The summed E-state index contributed by atoms with van der Waals surface area (Å²) in [4.78, 5) is 26.0. The second-order valence-corrected chi connectivity index (χ2v) is 7.56. The largest absolute Gasteiger partial charge is 0.444 e. The Labute approximate surface area is 132 Å². The molecule has 2 bridgehead atoms. The molecule has 2 aliphatic heterocycles. The number of nitrogens with one attached hydrogen (secondary N) is 1. The van der Waals surface area contributed by atoms with E-state index in [1.807, 2.05) is 25.7 Å². The number of ether oxygens (including phenoxy) is 1. The molecule has 2 aliphatic rings. The van der Waals surface area contributed by atoms with Crippen LogP contribution in [-0.2, 0) is 9.53 Å². The molecule has 2 N–H and O–H groups in total. The number of amides is 2. The maximum Gasteiger partial charge on any atom is 0.410 e. The highest BCUT2D eigenvalue weighted by molar-refractivity contribution is 5.76. The first-order valence-corrected chi connectivity index (χ1v) is 8.14. The fraction of sp³-hybridized carbons (Fsp3) is 0.875. The highest BCUT2D eigenvalue weighted by Gasteiger charge is 2.45. The summed E-state index contributed by atoms with van der Waals surface area (Å²) in [6.07, 6.45) is 2.72. The summed E-state index contributed by atoms with van der Waals surface area (Å²) in [6, 6.07) is 0.373. The molecule has 0 aromatic carbocycles. The van der Waals surface area contributed by atoms with Crippen LogP contribution in [0.15, 0.2) is 0 Å². The molecule has 22 heavy (non-hydrogen) atoms. The third-order valence-corrected chi connectivity index (χ3v) is 4.18. The summed E-state index contributed by atoms with van der Waals surface area (Å²) in [5.74, 6) is -0.120. The van der Waals surface area contributed by atoms with E-state index in [0.29, 0.717) is 0 Å². The Morgan fingerprint density at radius 3 is 2.27 bits per heavy atom. The predicted octanol–water partition coefficient (Wildman–Crippen LogP) is 1.80. The van der Waals surface area contributed by atoms with Crippen LogP contribution in [0.4, 0.5) is 4.79 Å². The Hall–Kier alpha value is -1.30. The molecule has 2 heterocycles. The highest BCUT2D eigenvalue weighted by atomic mass is 16.6. The molecule has 126 valence electrons. The number of nitrogens with zero attached hydrogens (tertiary/aromatic N) is 1. The van der Waals surface area contributed by atoms with Crippen molar-refractivity contribution in [2.45, 2.75) is 89.6 Å². The van der Waals surface area contributed by atoms with Crippen molar-refractivity contribution in [3.63, 3.8) is 0 Å². The van der Waals surface area contributed by atoms with Gasteiger partial charge in [0.25, 0.3) is 0 Å². The van der Waals surface area contributed by atoms with E-state index in [0.717, 1.165) is 25.7 Å². The third kappa shape index (κ3) is 4.35. The summed E-state index contributed by atoms with van der Waals surface area (Å²) in [5.41, 5.74) is -0.487. The van der Waals surface area contributed by atoms with Crippen LogP contribution in [-0.4, -0.2) is 51.8 Å². The van der Waals surface area contributed by atoms with Gasteiger partial charge in [-0.1, -0.05) is 0 Å². The molecule has 0 spiro atoms. The van der Waals surface area contributed by atoms with Gasteiger partial charge in [0.05, 0.1) is 12.5 Å². The lowest BCUT2D eigenvalue weighted by Gasteiger charge is -2.39. The maximum atomic E-state index is 12.3. The van der Waals surface area contributed by atoms with Crippen molar-refractivity contribution in [1.82, 2.24) is 10.2 Å². The van der Waals surface area contributed by atoms with Crippen molar-refractivity contribution in [1.29, 1.82) is 0 Å². The van der Waals surface area contributed by atoms with E-state index < -0.39 is 11.7 Å². The first-order valence-electron chi connectivity index (χ1n) is 8.14. The van der Waals surface area contributed by atoms with Crippen LogP contribution in [0.25, 0.3) is 0 Å². The van der Waals surface area contributed by atoms with Gasteiger partial charge in [-0.2, -0.15) is 0 Å². The lowest BCUT2D eigenvalue weighted by atomic mass is 9.97. The van der Waals surface area contributed by atoms with Crippen LogP contribution in [0.5, 0.6) is 0 Å². The molecule has 2 amide bonds. The van der Waals surface area contributed by atoms with Crippen molar-refractivity contribution in [3.05, 3.63) is 0 Å². The minimum atomic E-state index is -0.626. The molecule has 0 aliphatic carbocycles. The van der Waals surface area contributed by atoms with Gasteiger partial charge in [-0.05, 0) is 53.4 Å². The van der Waals surface area contributed by atoms with Gasteiger partial charge < -0.3 is 20.1 Å². The molecule has 2 fully saturated rings. The van der Waals surface area contributed by atoms with Gasteiger partial charge in [0.15, 0.2) is 0 Å². The number of aliphatic hydroxyl groups excluding tert-OH is 1. The van der Waals surface area contributed by atoms with Crippen LogP contribution in [0.3, 0.4) is 0 Å². The average Bonchev–Trinajstić information content (AvgIpc) is 2.58. The first kappa shape index (κ1) is 17.1. The number of hydrogen-bond acceptors (Lipinski definition) is 4. The smallest absolute Gasteiger partial charge is 0.410 e. The number of piperidine rings is 1. The zero-order valence-corrected chi connectivity index (χ0v) is 14.0. The summed E-state index contributed by atoms with van der Waals surface area (Å²) in [5, 5.41) is 12.2. The van der Waals surface area contributed by atoms with Crippen LogP contribution >= 0.6 is 0 Å². The Morgan fingerprint density at radius 2 is 1.82 bits per heavy atom. The lowest BCUT2D eigenvalue weighted by Crippen LogP contribution is -2.53. The monoisotopic (exact) mass is 312 g/mol. The number of carbonyl (C=O) groups excluding carboxylic acids is 2. The van der Waals surface area contributed by atoms with E-state index in [2.05, 4.69) is 5.32 Å². The lowest BCUT2D eigenvalue weighted by molar-refractivity contribution is -0.123. The second kappa shape index (κ2) is 6.44. The average molecular weight is 312 g/mol. The van der Waals surface area contributed by atoms with Crippen LogP contribution in [0, 0.1) is 0 Å². The van der Waals surface area contributed by atoms with E-state index in [4.69, 9.17) is 4.74 Å². The summed E-state index contributed by atoms with van der Waals surface area (Å²) in [7, 11) is 0. The fourth-order valence-corrected chi connectivity index (χ4v) is 3.46. The topological polar surface area (TPSA) is 78.9 Å². The van der Waals surface area contributed by atoms with Gasteiger partial charge >= 0.3 is 6.09 Å². The molecular formula is C16H28N2O4. The Bertz CT molecular complexity index is 416. The first-order chi connectivity index (χ1) is 10.2. The van der Waals surface area contributed by atoms with Gasteiger partial charge in [-0.3, -0.25) is 4.79 Å². The van der Waals surface area contributed by atoms with E-state index >= 15 is 0 Å². The molecule has 2 unspecified atom stereocenters. The number of rotatable bonds is 3. The molecule has 0 aromatic rings. The normalized spacial score (nSPS) is 29.1. The maximum absolute atomic E-state index is 12.3. The highest BCUT2D eigenvalue weighted by Crippen LogP contribution is 2.36. The van der Waals surface area contributed by atoms with Crippen molar-refractivity contribution >= 4 is 12.0 Å². The number of hydrogen-bond donors (Lipinski definition) is 2. The van der Waals surface area contributed by atoms with Crippen molar-refractivity contribution < 1.29 is 19.4 Å². The number of carbonyl (C=O) groups is 2. The predicted molar refractivity (Wildman–Crippen MR) is 82.3 cm³/mol. The summed E-state index contributed by atoms with van der Waals surface area (Å²) < 4.78 is 5.49. The van der Waals surface area contributed by atoms with Crippen LogP contribution in [0.1, 0.15) is 59.8 Å². The summed E-state index contributed by atoms with van der Waals surface area (Å²) >= 11 is 0. The Kier molecular flexibility index (Phi) is 5.00. The quantitative estimate of drug-likeness (QED) is 0.833. The van der Waals surface area contributed by atoms with Crippen molar-refractivity contribution in [3.8, 4) is 0 Å². The van der Waals surface area contributed by atoms with Crippen molar-refractivity contribution in [2.75, 3.05) is 0 Å². The van der Waals surface area contributed by atoms with E-state index in [1.54, 1.807) is 6.92 Å². The van der Waals surface area contributed by atoms with Gasteiger partial charge in [0, 0.05) is 18.1 Å². The molecule has 4 atom stereocenters. The van der Waals surface area contributed by atoms with E-state index in [-0.39, 0.29) is 36.5 Å². The fourth-order valence-electron chi connectivity index (χ4n) is 3.46. The van der Waals surface area contributed by atoms with Gasteiger partial charge in [-0.25, -0.2) is 4.79 Å². The zero-order chi connectivity index (χ0) is 16.5. The molecule has 6 heteroatoms. The molecule has 0 aromatic heterocycles. The minimum absolute atomic E-state index is 0.0856. The second-order valence-electron chi connectivity index (χ2n) is 7.56. The van der Waals surface area contributed by atoms with Gasteiger partial charge in [0.1, 0.15) is 5.60 Å². The molecule has 6 nitrogen and oxygen atoms in total. The molecule has 2 rings (SSSR count). The Morgan fingerprint density at radius 1 is 1.27 bits per heavy atom. The van der Waals surface area contributed by atoms with Gasteiger partial charge in [0.2, 0.25) is 5.91 Å². The van der Waals surface area contributed by atoms with E-state index in [9.17, 15) is 14.7 Å². The standard InChI is InChI=1S/C16H28N2O4/c1-10(19)7-14(20)17-11-8-12-5-6-13(9-11)18(12)15(21)22-16(2,3)4/h10-13,19H,5-9H2,1-4H3,(H,17,20)/t10?,11?,12-,13+. The molecule has 0 radical (unpaired) electrons. The number of fused-ring (bicyclic) bond motifs is 2. The van der Waals surface area contributed by atoms with E-state index in [1.165, 1.54) is 0 Å². The van der Waals surface area contributed by atoms with Crippen LogP contribution < -0.4 is 5.32 Å². The van der Waals surface area contributed by atoms with Crippen molar-refractivity contribution in [2.24, 2.45) is 0 Å². The molecular weight excluding hydrogens is 284 g/mol. The Balaban J connectivity index is 1.91. The summed E-state index contributed by atoms with van der Waals surface area (Å²) in [6.45, 7) is 7.22.